The number of aromatic nitrogens is 3. The zero-order valence-corrected chi connectivity index (χ0v) is 16.0. The molecule has 1 aliphatic rings. The number of nitrogens with one attached hydrogen (secondary N) is 2. The van der Waals surface area contributed by atoms with Crippen molar-refractivity contribution < 1.29 is 4.79 Å². The second-order valence-electron chi connectivity index (χ2n) is 7.03. The molecule has 1 aliphatic carbocycles. The summed E-state index contributed by atoms with van der Waals surface area (Å²) in [6.45, 7) is 6.11. The highest BCUT2D eigenvalue weighted by molar-refractivity contribution is 7.99. The van der Waals surface area contributed by atoms with E-state index in [0.717, 1.165) is 35.0 Å². The molecule has 1 heterocycles. The monoisotopic (exact) mass is 358 g/mol. The van der Waals surface area contributed by atoms with Crippen LogP contribution in [0.3, 0.4) is 0 Å². The largest absolute Gasteiger partial charge is 0.325 e. The molecule has 1 fully saturated rings. The normalized spacial score (nSPS) is 14.8. The maximum Gasteiger partial charge on any atom is 0.234 e. The lowest BCUT2D eigenvalue weighted by Gasteiger charge is -2.12. The summed E-state index contributed by atoms with van der Waals surface area (Å²) in [4.78, 5) is 16.8. The van der Waals surface area contributed by atoms with Crippen LogP contribution in [0.15, 0.2) is 17.3 Å². The molecule has 1 amide bonds. The third kappa shape index (κ3) is 4.84. The summed E-state index contributed by atoms with van der Waals surface area (Å²) in [6, 6.07) is 4.17. The Morgan fingerprint density at radius 1 is 1.24 bits per heavy atom. The Kier molecular flexibility index (Phi) is 5.78. The average molecular weight is 359 g/mol. The van der Waals surface area contributed by atoms with Crippen molar-refractivity contribution in [1.29, 1.82) is 0 Å². The summed E-state index contributed by atoms with van der Waals surface area (Å²) in [6.07, 6.45) is 6.22. The van der Waals surface area contributed by atoms with Gasteiger partial charge >= 0.3 is 0 Å². The van der Waals surface area contributed by atoms with E-state index in [0.29, 0.717) is 10.9 Å². The summed E-state index contributed by atoms with van der Waals surface area (Å²) < 4.78 is 0. The van der Waals surface area contributed by atoms with Gasteiger partial charge in [0.1, 0.15) is 5.82 Å². The van der Waals surface area contributed by atoms with Gasteiger partial charge in [-0.3, -0.25) is 9.89 Å². The first-order valence-electron chi connectivity index (χ1n) is 8.93. The highest BCUT2D eigenvalue weighted by Gasteiger charge is 2.18. The Morgan fingerprint density at radius 2 is 1.92 bits per heavy atom. The second kappa shape index (κ2) is 8.04. The third-order valence-electron chi connectivity index (χ3n) is 4.74. The van der Waals surface area contributed by atoms with Crippen molar-refractivity contribution in [2.75, 3.05) is 11.1 Å². The van der Waals surface area contributed by atoms with Crippen molar-refractivity contribution in [2.24, 2.45) is 5.92 Å². The smallest absolute Gasteiger partial charge is 0.234 e. The number of anilines is 1. The van der Waals surface area contributed by atoms with Crippen LogP contribution in [0.1, 0.15) is 48.2 Å². The molecule has 0 saturated heterocycles. The minimum atomic E-state index is -0.0257. The number of carbonyl (C=O) groups excluding carboxylic acids is 1. The number of benzene rings is 1. The maximum atomic E-state index is 12.3. The summed E-state index contributed by atoms with van der Waals surface area (Å²) in [5, 5.41) is 10.9. The van der Waals surface area contributed by atoms with E-state index < -0.39 is 0 Å². The lowest BCUT2D eigenvalue weighted by Crippen LogP contribution is -2.16. The van der Waals surface area contributed by atoms with Crippen LogP contribution < -0.4 is 5.32 Å². The summed E-state index contributed by atoms with van der Waals surface area (Å²) in [5.41, 5.74) is 4.30. The minimum Gasteiger partial charge on any atom is -0.325 e. The summed E-state index contributed by atoms with van der Waals surface area (Å²) in [7, 11) is 0. The fourth-order valence-corrected chi connectivity index (χ4v) is 4.22. The topological polar surface area (TPSA) is 70.7 Å². The van der Waals surface area contributed by atoms with Crippen molar-refractivity contribution >= 4 is 23.4 Å². The molecule has 2 N–H and O–H groups in total. The number of aryl methyl sites for hydroxylation is 3. The van der Waals surface area contributed by atoms with Crippen LogP contribution >= 0.6 is 11.8 Å². The Labute approximate surface area is 153 Å². The maximum absolute atomic E-state index is 12.3. The molecule has 134 valence electrons. The number of nitrogens with zero attached hydrogens (tertiary/aromatic N) is 2. The van der Waals surface area contributed by atoms with Crippen molar-refractivity contribution in [1.82, 2.24) is 15.2 Å². The van der Waals surface area contributed by atoms with E-state index in [9.17, 15) is 4.79 Å². The molecule has 1 aromatic heterocycles. The Morgan fingerprint density at radius 3 is 2.60 bits per heavy atom. The van der Waals surface area contributed by atoms with Crippen molar-refractivity contribution in [3.63, 3.8) is 0 Å². The molecule has 0 atom stereocenters. The van der Waals surface area contributed by atoms with E-state index in [1.165, 1.54) is 43.0 Å². The molecule has 0 aliphatic heterocycles. The summed E-state index contributed by atoms with van der Waals surface area (Å²) >= 11 is 1.38. The van der Waals surface area contributed by atoms with Crippen molar-refractivity contribution in [2.45, 2.75) is 58.0 Å². The van der Waals surface area contributed by atoms with Gasteiger partial charge in [-0.1, -0.05) is 55.1 Å². The zero-order chi connectivity index (χ0) is 17.8. The Bertz CT molecular complexity index is 727. The molecule has 0 radical (unpaired) electrons. The molecule has 3 rings (SSSR count). The first kappa shape index (κ1) is 18.0. The van der Waals surface area contributed by atoms with Gasteiger partial charge in [0.05, 0.1) is 5.75 Å². The van der Waals surface area contributed by atoms with Crippen LogP contribution in [0, 0.1) is 26.7 Å². The highest BCUT2D eigenvalue weighted by Crippen LogP contribution is 2.27. The van der Waals surface area contributed by atoms with E-state index >= 15 is 0 Å². The molecule has 2 aromatic rings. The molecular formula is C19H26N4OS. The third-order valence-corrected chi connectivity index (χ3v) is 5.59. The van der Waals surface area contributed by atoms with Gasteiger partial charge in [0, 0.05) is 12.1 Å². The van der Waals surface area contributed by atoms with Gasteiger partial charge in [0.15, 0.2) is 0 Å². The highest BCUT2D eigenvalue weighted by atomic mass is 32.2. The number of amides is 1. The van der Waals surface area contributed by atoms with Gasteiger partial charge < -0.3 is 5.32 Å². The molecule has 5 nitrogen and oxygen atoms in total. The van der Waals surface area contributed by atoms with Gasteiger partial charge in [0.25, 0.3) is 0 Å². The number of hydrogen-bond donors (Lipinski definition) is 2. The molecule has 1 aromatic carbocycles. The number of aromatic amines is 1. The predicted octanol–water partition coefficient (Wildman–Crippen LogP) is 4.19. The van der Waals surface area contributed by atoms with E-state index in [4.69, 9.17) is 0 Å². The van der Waals surface area contributed by atoms with Gasteiger partial charge in [-0.15, -0.1) is 5.10 Å². The molecular weight excluding hydrogens is 332 g/mol. The number of H-pyrrole nitrogens is 1. The lowest BCUT2D eigenvalue weighted by atomic mass is 10.0. The number of rotatable bonds is 6. The lowest BCUT2D eigenvalue weighted by molar-refractivity contribution is -0.113. The van der Waals surface area contributed by atoms with Crippen LogP contribution in [0.4, 0.5) is 5.69 Å². The predicted molar refractivity (Wildman–Crippen MR) is 102 cm³/mol. The van der Waals surface area contributed by atoms with Gasteiger partial charge in [-0.2, -0.15) is 0 Å². The molecule has 0 bridgehead atoms. The van der Waals surface area contributed by atoms with E-state index in [2.05, 4.69) is 39.6 Å². The fraction of sp³-hybridized carbons (Fsp3) is 0.526. The van der Waals surface area contributed by atoms with Gasteiger partial charge in [-0.25, -0.2) is 4.98 Å². The molecule has 0 spiro atoms. The minimum absolute atomic E-state index is 0.0257. The zero-order valence-electron chi connectivity index (χ0n) is 15.2. The number of hydrogen-bond acceptors (Lipinski definition) is 4. The van der Waals surface area contributed by atoms with Crippen molar-refractivity contribution in [3.05, 3.63) is 34.6 Å². The average Bonchev–Trinajstić information content (AvgIpc) is 3.21. The number of thioether (sulfide) groups is 1. The Balaban J connectivity index is 1.51. The quantitative estimate of drug-likeness (QED) is 0.760. The van der Waals surface area contributed by atoms with E-state index in [1.54, 1.807) is 0 Å². The second-order valence-corrected chi connectivity index (χ2v) is 7.97. The fourth-order valence-electron chi connectivity index (χ4n) is 3.60. The van der Waals surface area contributed by atoms with E-state index in [1.807, 2.05) is 13.8 Å². The molecule has 0 unspecified atom stereocenters. The molecule has 1 saturated carbocycles. The SMILES string of the molecule is Cc1cc(C)c(NC(=O)CSc2n[nH]c(CC3CCCC3)n2)c(C)c1. The summed E-state index contributed by atoms with van der Waals surface area (Å²) in [5.74, 6) is 1.97. The van der Waals surface area contributed by atoms with Crippen LogP contribution in [-0.2, 0) is 11.2 Å². The van der Waals surface area contributed by atoms with Crippen LogP contribution in [-0.4, -0.2) is 26.8 Å². The standard InChI is InChI=1S/C19H26N4OS/c1-12-8-13(2)18(14(3)9-12)21-17(24)11-25-19-20-16(22-23-19)10-15-6-4-5-7-15/h8-9,15H,4-7,10-11H2,1-3H3,(H,21,24)(H,20,22,23). The van der Waals surface area contributed by atoms with Crippen LogP contribution in [0.25, 0.3) is 0 Å². The van der Waals surface area contributed by atoms with Crippen LogP contribution in [0.5, 0.6) is 0 Å². The first-order valence-corrected chi connectivity index (χ1v) is 9.91. The van der Waals surface area contributed by atoms with Gasteiger partial charge in [-0.05, 0) is 37.8 Å². The molecule has 6 heteroatoms. The van der Waals surface area contributed by atoms with Gasteiger partial charge in [0.2, 0.25) is 11.1 Å². The van der Waals surface area contributed by atoms with E-state index in [-0.39, 0.29) is 5.91 Å². The Hall–Kier alpha value is -1.82. The van der Waals surface area contributed by atoms with Crippen LogP contribution in [0.2, 0.25) is 0 Å². The van der Waals surface area contributed by atoms with Crippen molar-refractivity contribution in [3.8, 4) is 0 Å². The number of carbonyl (C=O) groups is 1. The molecule has 25 heavy (non-hydrogen) atoms. The first-order chi connectivity index (χ1) is 12.0.